The van der Waals surface area contributed by atoms with Crippen LogP contribution in [0, 0.1) is 27.7 Å². The highest BCUT2D eigenvalue weighted by atomic mass is 16.3. The summed E-state index contributed by atoms with van der Waals surface area (Å²) in [6, 6.07) is 42.2. The van der Waals surface area contributed by atoms with Crippen LogP contribution in [0.4, 0.5) is 0 Å². The predicted octanol–water partition coefficient (Wildman–Crippen LogP) is 9.05. The molecule has 8 N–H and O–H groups in total. The molecule has 4 amide bonds. The molecule has 8 heterocycles. The van der Waals surface area contributed by atoms with Crippen molar-refractivity contribution in [1.82, 2.24) is 71.0 Å². The molecule has 104 heavy (non-hydrogen) atoms. The number of aryl methyl sites for hydroxylation is 4. The number of aliphatic hydroxyl groups excluding tert-OH is 4. The van der Waals surface area contributed by atoms with Crippen LogP contribution in [-0.4, -0.2) is 197 Å². The molecule has 4 aromatic carbocycles. The molecule has 0 aliphatic carbocycles. The maximum absolute atomic E-state index is 12.1. The first-order chi connectivity index (χ1) is 50.5. The van der Waals surface area contributed by atoms with Crippen molar-refractivity contribution in [3.05, 3.63) is 248 Å². The molecule has 8 aromatic rings. The Balaban J connectivity index is 0.000000241. The van der Waals surface area contributed by atoms with E-state index >= 15 is 0 Å². The third kappa shape index (κ3) is 29.6. The standard InChI is InChI=1S/2C19H23N3O2.2C18H22N4O2.4C2H6/c1-14-10-16(6-8-20-14)19(24)21-11-18(23)13-22-9-7-15-4-2-3-5-17(15)12-22;1-14-8-17(10-20-9-14)19(24)21-11-18(23)13-22-7-6-15-4-2-3-5-16(15)12-22;1-13-8-16(9-20-21-13)18(24)19-10-17(23)12-22-7-6-14-4-2-3-5-15(14)11-22;1-13-8-17(21-12-20-13)18(24)19-9-16(23)11-22-7-6-14-4-2-3-5-15(14)10-22;4*1-2/h2-6,8,10,18,23H,7,9,11-13H2,1H3,(H,21,24);2-5,8-10,18,23H,6-7,11-13H2,1H3,(H,21,24);2-5,8-9,17,23H,6-7,10-12H2,1H3,(H,19,24);2-5,8,12,16,23H,6-7,9-11H2,1H3,(H,19,24);4*1-2H3/t2*18-;17-;16-;;;;/m0000..../s1. The number of nitrogens with one attached hydrogen (secondary N) is 4. The number of hydrogen-bond acceptors (Lipinski definition) is 18. The Kier molecular flexibility index (Phi) is 38.9. The number of aliphatic hydroxyl groups is 4. The first-order valence-corrected chi connectivity index (χ1v) is 36.9. The van der Waals surface area contributed by atoms with E-state index in [-0.39, 0.29) is 49.8 Å². The summed E-state index contributed by atoms with van der Waals surface area (Å²) < 4.78 is 0. The van der Waals surface area contributed by atoms with Crippen molar-refractivity contribution in [3.63, 3.8) is 0 Å². The first-order valence-electron chi connectivity index (χ1n) is 36.9. The third-order valence-electron chi connectivity index (χ3n) is 17.1. The summed E-state index contributed by atoms with van der Waals surface area (Å²) in [7, 11) is 0. The van der Waals surface area contributed by atoms with Crippen LogP contribution in [0.2, 0.25) is 0 Å². The van der Waals surface area contributed by atoms with Gasteiger partial charge in [-0.2, -0.15) is 10.2 Å². The summed E-state index contributed by atoms with van der Waals surface area (Å²) in [4.78, 5) is 73.2. The Bertz CT molecular complexity index is 3370. The fourth-order valence-corrected chi connectivity index (χ4v) is 12.1. The van der Waals surface area contributed by atoms with Crippen molar-refractivity contribution in [2.45, 2.75) is 159 Å². The molecule has 0 saturated heterocycles. The number of carbonyl (C=O) groups excluding carboxylic acids is 4. The van der Waals surface area contributed by atoms with Gasteiger partial charge in [0.1, 0.15) is 12.0 Å². The molecule has 12 rings (SSSR count). The van der Waals surface area contributed by atoms with Gasteiger partial charge in [-0.1, -0.05) is 152 Å². The summed E-state index contributed by atoms with van der Waals surface area (Å²) in [6.45, 7) is 33.6. The fourth-order valence-electron chi connectivity index (χ4n) is 12.1. The number of β-amino-alcohol motifs (C(OH)–C–C–N with tert-alkyl or cyclic N) is 4. The van der Waals surface area contributed by atoms with Gasteiger partial charge in [-0.15, -0.1) is 0 Å². The topological polar surface area (TPSA) is 288 Å². The van der Waals surface area contributed by atoms with Crippen LogP contribution in [0.3, 0.4) is 0 Å². The van der Waals surface area contributed by atoms with Gasteiger partial charge >= 0.3 is 0 Å². The highest BCUT2D eigenvalue weighted by Gasteiger charge is 2.24. The molecule has 4 aromatic heterocycles. The SMILES string of the molecule is CC.CC.CC.CC.Cc1cc(C(=O)NC[C@H](O)CN2CCc3ccccc3C2)ccn1.Cc1cc(C(=O)NC[C@H](O)CN2CCc3ccccc3C2)cnn1.Cc1cc(C(=O)NC[C@H](O)CN2CCc3ccccc3C2)ncn1.Cc1cncc(C(=O)NC[C@H](O)CN2CCc3ccccc3C2)c1. The molecule has 0 bridgehead atoms. The summed E-state index contributed by atoms with van der Waals surface area (Å²) in [5, 5.41) is 59.5. The molecular formula is C82H114N14O8. The molecule has 560 valence electrons. The maximum Gasteiger partial charge on any atom is 0.270 e. The van der Waals surface area contributed by atoms with Crippen molar-refractivity contribution < 1.29 is 39.6 Å². The quantitative estimate of drug-likeness (QED) is 0.0353. The highest BCUT2D eigenvalue weighted by molar-refractivity contribution is 5.95. The van der Waals surface area contributed by atoms with Crippen LogP contribution in [0.1, 0.15) is 164 Å². The number of pyridine rings is 2. The Morgan fingerprint density at radius 1 is 0.385 bits per heavy atom. The second-order valence-corrected chi connectivity index (χ2v) is 25.0. The average molecular weight is 1420 g/mol. The number of hydrogen-bond donors (Lipinski definition) is 8. The molecule has 0 saturated carbocycles. The van der Waals surface area contributed by atoms with Gasteiger partial charge < -0.3 is 41.7 Å². The number of amides is 4. The molecule has 22 nitrogen and oxygen atoms in total. The minimum absolute atomic E-state index is 0.177. The van der Waals surface area contributed by atoms with Crippen LogP contribution >= 0.6 is 0 Å². The van der Waals surface area contributed by atoms with E-state index in [0.717, 1.165) is 95.0 Å². The van der Waals surface area contributed by atoms with Gasteiger partial charge in [-0.25, -0.2) is 9.97 Å². The lowest BCUT2D eigenvalue weighted by Crippen LogP contribution is -2.42. The van der Waals surface area contributed by atoms with Crippen LogP contribution in [-0.2, 0) is 51.9 Å². The number of nitrogens with zero attached hydrogens (tertiary/aromatic N) is 10. The van der Waals surface area contributed by atoms with Crippen molar-refractivity contribution in [2.24, 2.45) is 0 Å². The number of carbonyl (C=O) groups is 4. The summed E-state index contributed by atoms with van der Waals surface area (Å²) >= 11 is 0. The Labute approximate surface area is 617 Å². The zero-order valence-corrected chi connectivity index (χ0v) is 63.4. The van der Waals surface area contributed by atoms with Crippen molar-refractivity contribution in [3.8, 4) is 0 Å². The van der Waals surface area contributed by atoms with Gasteiger partial charge in [0.25, 0.3) is 23.6 Å². The highest BCUT2D eigenvalue weighted by Crippen LogP contribution is 2.22. The van der Waals surface area contributed by atoms with Crippen LogP contribution in [0.5, 0.6) is 0 Å². The van der Waals surface area contributed by atoms with E-state index in [0.29, 0.717) is 54.3 Å². The van der Waals surface area contributed by atoms with Crippen LogP contribution in [0.25, 0.3) is 0 Å². The van der Waals surface area contributed by atoms with Crippen LogP contribution in [0.15, 0.2) is 159 Å². The molecule has 0 spiro atoms. The summed E-state index contributed by atoms with van der Waals surface area (Å²) in [6.07, 6.45) is 9.28. The lowest BCUT2D eigenvalue weighted by molar-refractivity contribution is 0.0836. The lowest BCUT2D eigenvalue weighted by atomic mass is 10.00. The van der Waals surface area contributed by atoms with Gasteiger partial charge in [0.15, 0.2) is 0 Å². The molecule has 4 aliphatic heterocycles. The first kappa shape index (κ1) is 85.5. The third-order valence-corrected chi connectivity index (χ3v) is 17.1. The molecular weight excluding hydrogens is 1310 g/mol. The van der Waals surface area contributed by atoms with Crippen molar-refractivity contribution in [2.75, 3.05) is 78.5 Å². The van der Waals surface area contributed by atoms with Gasteiger partial charge in [0.2, 0.25) is 0 Å². The largest absolute Gasteiger partial charge is 0.390 e. The van der Waals surface area contributed by atoms with Crippen molar-refractivity contribution >= 4 is 23.6 Å². The summed E-state index contributed by atoms with van der Waals surface area (Å²) in [5.74, 6) is -0.905. The number of benzene rings is 4. The number of aromatic nitrogens is 6. The molecule has 4 atom stereocenters. The Hall–Kier alpha value is -9.10. The van der Waals surface area contributed by atoms with E-state index in [1.165, 1.54) is 63.2 Å². The predicted molar refractivity (Wildman–Crippen MR) is 412 cm³/mol. The van der Waals surface area contributed by atoms with Crippen molar-refractivity contribution in [1.29, 1.82) is 0 Å². The average Bonchev–Trinajstić information content (AvgIpc) is 0.841. The van der Waals surface area contributed by atoms with Gasteiger partial charge in [0, 0.05) is 140 Å². The van der Waals surface area contributed by atoms with E-state index in [1.54, 1.807) is 49.6 Å². The van der Waals surface area contributed by atoms with E-state index in [9.17, 15) is 39.6 Å². The van der Waals surface area contributed by atoms with Gasteiger partial charge in [-0.3, -0.25) is 48.7 Å². The maximum atomic E-state index is 12.1. The minimum Gasteiger partial charge on any atom is -0.390 e. The molecule has 22 heteroatoms. The van der Waals surface area contributed by atoms with Crippen LogP contribution < -0.4 is 21.3 Å². The Morgan fingerprint density at radius 2 is 0.721 bits per heavy atom. The summed E-state index contributed by atoms with van der Waals surface area (Å²) in [5.41, 5.74) is 15.9. The number of fused-ring (bicyclic) bond motifs is 4. The van der Waals surface area contributed by atoms with E-state index in [1.807, 2.05) is 88.3 Å². The zero-order valence-electron chi connectivity index (χ0n) is 63.4. The van der Waals surface area contributed by atoms with E-state index in [4.69, 9.17) is 0 Å². The van der Waals surface area contributed by atoms with Gasteiger partial charge in [-0.05, 0) is 134 Å². The van der Waals surface area contributed by atoms with Gasteiger partial charge in [0.05, 0.1) is 47.4 Å². The van der Waals surface area contributed by atoms with E-state index in [2.05, 4.69) is 156 Å². The molecule has 4 aliphatic rings. The minimum atomic E-state index is -0.609. The second-order valence-electron chi connectivity index (χ2n) is 25.0. The Morgan fingerprint density at radius 3 is 1.08 bits per heavy atom. The number of rotatable bonds is 20. The fraction of sp³-hybridized carbons (Fsp3) is 0.439. The smallest absolute Gasteiger partial charge is 0.270 e. The molecule has 0 radical (unpaired) electrons. The monoisotopic (exact) mass is 1420 g/mol. The lowest BCUT2D eigenvalue weighted by Gasteiger charge is -2.30. The van der Waals surface area contributed by atoms with E-state index < -0.39 is 24.4 Å². The molecule has 0 fully saturated rings. The zero-order chi connectivity index (χ0) is 75.8. The normalized spacial score (nSPS) is 14.6. The second kappa shape index (κ2) is 47.3. The molecule has 0 unspecified atom stereocenters.